The quantitative estimate of drug-likeness (QED) is 0.784. The molecule has 0 N–H and O–H groups in total. The second-order valence-corrected chi connectivity index (χ2v) is 6.59. The van der Waals surface area contributed by atoms with E-state index in [0.29, 0.717) is 11.3 Å². The van der Waals surface area contributed by atoms with E-state index in [1.165, 1.54) is 18.3 Å². The van der Waals surface area contributed by atoms with Crippen molar-refractivity contribution in [3.63, 3.8) is 0 Å². The minimum Gasteiger partial charge on any atom is -0.447 e. The highest BCUT2D eigenvalue weighted by Gasteiger charge is 2.51. The fourth-order valence-electron chi connectivity index (χ4n) is 3.16. The van der Waals surface area contributed by atoms with Gasteiger partial charge in [-0.25, -0.2) is 4.79 Å². The van der Waals surface area contributed by atoms with Crippen LogP contribution in [0, 0.1) is 6.92 Å². The summed E-state index contributed by atoms with van der Waals surface area (Å²) in [5.74, 6) is -0.330. The molecule has 4 nitrogen and oxygen atoms in total. The molecule has 1 saturated carbocycles. The Bertz CT molecular complexity index is 620. The van der Waals surface area contributed by atoms with Crippen LogP contribution in [0.2, 0.25) is 0 Å². The topological polar surface area (TPSA) is 52.6 Å². The van der Waals surface area contributed by atoms with Crippen LogP contribution >= 0.6 is 11.3 Å². The van der Waals surface area contributed by atoms with Gasteiger partial charge in [0.15, 0.2) is 11.4 Å². The summed E-state index contributed by atoms with van der Waals surface area (Å²) >= 11 is 1.48. The minimum atomic E-state index is -0.729. The van der Waals surface area contributed by atoms with Crippen LogP contribution in [0.25, 0.3) is 5.57 Å². The van der Waals surface area contributed by atoms with Crippen LogP contribution in [0.4, 0.5) is 0 Å². The van der Waals surface area contributed by atoms with Gasteiger partial charge in [0, 0.05) is 11.8 Å². The molecule has 21 heavy (non-hydrogen) atoms. The lowest BCUT2D eigenvalue weighted by atomic mass is 9.82. The number of carbonyl (C=O) groups excluding carboxylic acids is 2. The van der Waals surface area contributed by atoms with Crippen LogP contribution in [-0.2, 0) is 19.1 Å². The Hall–Kier alpha value is -1.62. The largest absolute Gasteiger partial charge is 0.447 e. The van der Waals surface area contributed by atoms with Gasteiger partial charge in [0.25, 0.3) is 0 Å². The van der Waals surface area contributed by atoms with Gasteiger partial charge in [0.1, 0.15) is 5.57 Å². The summed E-state index contributed by atoms with van der Waals surface area (Å²) in [6, 6.07) is 1.96. The van der Waals surface area contributed by atoms with Gasteiger partial charge in [0.2, 0.25) is 0 Å². The Morgan fingerprint density at radius 1 is 1.33 bits per heavy atom. The second-order valence-electron chi connectivity index (χ2n) is 5.67. The molecular formula is C16H18O4S. The van der Waals surface area contributed by atoms with Crippen LogP contribution in [0.1, 0.15) is 49.5 Å². The SMILES string of the molecule is CC(=O)OC1=C(c2sccc2C)C(=O)OC12CCCCC2. The Morgan fingerprint density at radius 3 is 2.62 bits per heavy atom. The van der Waals surface area contributed by atoms with E-state index in [2.05, 4.69) is 0 Å². The normalized spacial score (nSPS) is 20.8. The molecule has 3 rings (SSSR count). The highest BCUT2D eigenvalue weighted by atomic mass is 32.1. The van der Waals surface area contributed by atoms with Gasteiger partial charge >= 0.3 is 11.9 Å². The monoisotopic (exact) mass is 306 g/mol. The Kier molecular flexibility index (Phi) is 3.61. The van der Waals surface area contributed by atoms with Gasteiger partial charge in [-0.05, 0) is 49.6 Å². The summed E-state index contributed by atoms with van der Waals surface area (Å²) in [7, 11) is 0. The van der Waals surface area contributed by atoms with Crippen molar-refractivity contribution in [2.24, 2.45) is 0 Å². The predicted octanol–water partition coefficient (Wildman–Crippen LogP) is 3.59. The number of hydrogen-bond acceptors (Lipinski definition) is 5. The lowest BCUT2D eigenvalue weighted by Gasteiger charge is -2.33. The fraction of sp³-hybridized carbons (Fsp3) is 0.500. The van der Waals surface area contributed by atoms with E-state index in [0.717, 1.165) is 42.5 Å². The zero-order valence-corrected chi connectivity index (χ0v) is 13.0. The molecule has 0 bridgehead atoms. The molecule has 1 aromatic heterocycles. The predicted molar refractivity (Wildman–Crippen MR) is 79.7 cm³/mol. The van der Waals surface area contributed by atoms with Gasteiger partial charge < -0.3 is 9.47 Å². The first-order chi connectivity index (χ1) is 10.0. The molecule has 2 heterocycles. The van der Waals surface area contributed by atoms with Gasteiger partial charge in [-0.1, -0.05) is 6.42 Å². The number of hydrogen-bond donors (Lipinski definition) is 0. The maximum Gasteiger partial charge on any atom is 0.344 e. The first-order valence-corrected chi connectivity index (χ1v) is 8.12. The van der Waals surface area contributed by atoms with E-state index < -0.39 is 11.6 Å². The van der Waals surface area contributed by atoms with Crippen molar-refractivity contribution in [1.29, 1.82) is 0 Å². The molecule has 0 atom stereocenters. The number of rotatable bonds is 2. The summed E-state index contributed by atoms with van der Waals surface area (Å²) in [6.07, 6.45) is 4.55. The van der Waals surface area contributed by atoms with E-state index >= 15 is 0 Å². The van der Waals surface area contributed by atoms with E-state index in [-0.39, 0.29) is 5.97 Å². The molecule has 5 heteroatoms. The smallest absolute Gasteiger partial charge is 0.344 e. The maximum absolute atomic E-state index is 12.4. The van der Waals surface area contributed by atoms with Crippen molar-refractivity contribution in [2.45, 2.75) is 51.6 Å². The fourth-order valence-corrected chi connectivity index (χ4v) is 4.12. The Morgan fingerprint density at radius 2 is 2.05 bits per heavy atom. The Labute approximate surface area is 127 Å². The van der Waals surface area contributed by atoms with Crippen molar-refractivity contribution >= 4 is 28.8 Å². The molecule has 1 aromatic rings. The molecule has 0 radical (unpaired) electrons. The molecule has 1 aliphatic heterocycles. The summed E-state index contributed by atoms with van der Waals surface area (Å²) in [4.78, 5) is 24.8. The van der Waals surface area contributed by atoms with Gasteiger partial charge in [-0.15, -0.1) is 11.3 Å². The minimum absolute atomic E-state index is 0.362. The molecule has 0 saturated heterocycles. The number of thiophene rings is 1. The summed E-state index contributed by atoms with van der Waals surface area (Å²) in [5, 5.41) is 1.93. The maximum atomic E-state index is 12.4. The third-order valence-corrected chi connectivity index (χ3v) is 5.16. The van der Waals surface area contributed by atoms with Crippen LogP contribution in [-0.4, -0.2) is 17.5 Å². The summed E-state index contributed by atoms with van der Waals surface area (Å²) < 4.78 is 11.2. The van der Waals surface area contributed by atoms with Crippen LogP contribution < -0.4 is 0 Å². The van der Waals surface area contributed by atoms with Crippen LogP contribution in [0.5, 0.6) is 0 Å². The zero-order valence-electron chi connectivity index (χ0n) is 12.2. The second kappa shape index (κ2) is 5.30. The van der Waals surface area contributed by atoms with E-state index in [9.17, 15) is 9.59 Å². The van der Waals surface area contributed by atoms with Crippen molar-refractivity contribution in [3.05, 3.63) is 27.6 Å². The first-order valence-electron chi connectivity index (χ1n) is 7.24. The number of esters is 2. The summed E-state index contributed by atoms with van der Waals surface area (Å²) in [6.45, 7) is 3.31. The van der Waals surface area contributed by atoms with Crippen molar-refractivity contribution in [2.75, 3.05) is 0 Å². The van der Waals surface area contributed by atoms with Crippen LogP contribution in [0.3, 0.4) is 0 Å². The first kappa shape index (κ1) is 14.3. The standard InChI is InChI=1S/C16H18O4S/c1-10-6-9-21-13(10)12-14(19-11(2)17)16(20-15(12)18)7-4-3-5-8-16/h6,9H,3-5,7-8H2,1-2H3. The highest BCUT2D eigenvalue weighted by molar-refractivity contribution is 7.11. The zero-order chi connectivity index (χ0) is 15.0. The van der Waals surface area contributed by atoms with Gasteiger partial charge in [0.05, 0.1) is 0 Å². The molecule has 112 valence electrons. The van der Waals surface area contributed by atoms with Crippen molar-refractivity contribution in [3.8, 4) is 0 Å². The molecule has 1 spiro atoms. The number of carbonyl (C=O) groups is 2. The van der Waals surface area contributed by atoms with E-state index in [1.807, 2.05) is 18.4 Å². The molecule has 1 aliphatic carbocycles. The van der Waals surface area contributed by atoms with Crippen LogP contribution in [0.15, 0.2) is 17.2 Å². The molecular weight excluding hydrogens is 288 g/mol. The number of aryl methyl sites for hydroxylation is 1. The lowest BCUT2D eigenvalue weighted by molar-refractivity contribution is -0.154. The van der Waals surface area contributed by atoms with Gasteiger partial charge in [-0.3, -0.25) is 4.79 Å². The van der Waals surface area contributed by atoms with E-state index in [1.54, 1.807) is 0 Å². The van der Waals surface area contributed by atoms with E-state index in [4.69, 9.17) is 9.47 Å². The molecule has 1 fully saturated rings. The molecule has 2 aliphatic rings. The molecule has 0 amide bonds. The third-order valence-electron chi connectivity index (χ3n) is 4.13. The lowest BCUT2D eigenvalue weighted by Crippen LogP contribution is -2.36. The molecule has 0 unspecified atom stereocenters. The van der Waals surface area contributed by atoms with Crippen molar-refractivity contribution in [1.82, 2.24) is 0 Å². The highest BCUT2D eigenvalue weighted by Crippen LogP contribution is 2.48. The Balaban J connectivity index is 2.13. The molecule has 0 aromatic carbocycles. The average Bonchev–Trinajstić information content (AvgIpc) is 2.94. The van der Waals surface area contributed by atoms with Crippen molar-refractivity contribution < 1.29 is 19.1 Å². The number of ether oxygens (including phenoxy) is 2. The third kappa shape index (κ3) is 2.39. The van der Waals surface area contributed by atoms with Gasteiger partial charge in [-0.2, -0.15) is 0 Å². The average molecular weight is 306 g/mol. The summed E-state index contributed by atoms with van der Waals surface area (Å²) in [5.41, 5.74) is 0.719.